The number of nitrogens with one attached hydrogen (secondary N) is 1. The molecule has 16 nitrogen and oxygen atoms in total. The molecular weight excluding hydrogens is 807 g/mol. The Labute approximate surface area is 335 Å². The van der Waals surface area contributed by atoms with Gasteiger partial charge in [0.15, 0.2) is 23.0 Å². The van der Waals surface area contributed by atoms with Crippen LogP contribution >= 0.6 is 47.4 Å². The highest BCUT2D eigenvalue weighted by atomic mass is 35.6. The fourth-order valence-corrected chi connectivity index (χ4v) is 8.39. The molecule has 2 amide bonds. The third kappa shape index (κ3) is 7.08. The van der Waals surface area contributed by atoms with Crippen LogP contribution in [0.3, 0.4) is 0 Å². The van der Waals surface area contributed by atoms with Crippen LogP contribution in [0.2, 0.25) is 0 Å². The number of alkyl halides is 3. The number of nitrogens with zero attached hydrogens (tertiary/aromatic N) is 3. The summed E-state index contributed by atoms with van der Waals surface area (Å²) in [5, 5.41) is 49.4. The van der Waals surface area contributed by atoms with Crippen molar-refractivity contribution in [3.8, 4) is 34.8 Å². The lowest BCUT2D eigenvalue weighted by Gasteiger charge is -2.60. The molecule has 6 rings (SSSR count). The molecule has 55 heavy (non-hydrogen) atoms. The van der Waals surface area contributed by atoms with E-state index in [-0.39, 0.29) is 76.6 Å². The third-order valence-electron chi connectivity index (χ3n) is 10.1. The van der Waals surface area contributed by atoms with Crippen LogP contribution in [-0.4, -0.2) is 111 Å². The van der Waals surface area contributed by atoms with Crippen LogP contribution in [0.4, 0.5) is 9.59 Å². The maximum absolute atomic E-state index is 14.1. The quantitative estimate of drug-likeness (QED) is 0.0783. The molecule has 0 aliphatic carbocycles. The Balaban J connectivity index is 1.54. The molecule has 1 fully saturated rings. The summed E-state index contributed by atoms with van der Waals surface area (Å²) in [4.78, 5) is 42.7. The number of esters is 1. The van der Waals surface area contributed by atoms with Gasteiger partial charge in [0.25, 0.3) is 0 Å². The molecule has 0 spiro atoms. The molecule has 7 atom stereocenters. The number of aliphatic hydroxyl groups is 1. The predicted molar refractivity (Wildman–Crippen MR) is 198 cm³/mol. The molecule has 2 aromatic rings. The van der Waals surface area contributed by atoms with Gasteiger partial charge in [-0.15, -0.1) is 0 Å². The molecule has 1 unspecified atom stereocenters. The molecule has 2 bridgehead atoms. The standard InChI is InChI=1S/C35H37Cl3N4O12S/c1-5-6-50-33(47)40-17(11-55)32(46)51-10-20-22-23(26(43)15(3)30-31(22)54-13-53-30)27(44)25-24-21-16(7-14(2)29(49-4)28(21)45)8-18(19(9-39)41(20)25)42(24)34(48)52-12-35(36,37)38/h5,7,17-20,24-25,27,43-45,55H,1,6,8,10-13H2,2-4H3,(H,40,47)/t17-,18-,19-,20-,24+,25+,27?/m0/s1. The zero-order valence-electron chi connectivity index (χ0n) is 29.6. The molecule has 4 aliphatic rings. The van der Waals surface area contributed by atoms with Crippen LogP contribution in [0.15, 0.2) is 18.7 Å². The van der Waals surface area contributed by atoms with Gasteiger partial charge in [-0.3, -0.25) is 9.80 Å². The first-order valence-corrected chi connectivity index (χ1v) is 18.6. The van der Waals surface area contributed by atoms with Gasteiger partial charge < -0.3 is 49.1 Å². The van der Waals surface area contributed by atoms with Crippen LogP contribution in [0, 0.1) is 25.2 Å². The number of amides is 2. The second-order valence-electron chi connectivity index (χ2n) is 13.2. The highest BCUT2D eigenvalue weighted by molar-refractivity contribution is 7.80. The van der Waals surface area contributed by atoms with E-state index in [9.17, 15) is 35.0 Å². The van der Waals surface area contributed by atoms with E-state index in [4.69, 9.17) is 63.2 Å². The average molecular weight is 844 g/mol. The van der Waals surface area contributed by atoms with Gasteiger partial charge in [0.05, 0.1) is 37.3 Å². The van der Waals surface area contributed by atoms with Crippen molar-refractivity contribution in [1.29, 1.82) is 5.26 Å². The Bertz CT molecular complexity index is 1960. The summed E-state index contributed by atoms with van der Waals surface area (Å²) in [5.74, 6) is -1.44. The van der Waals surface area contributed by atoms with Gasteiger partial charge in [-0.25, -0.2) is 14.4 Å². The number of piperazine rings is 1. The number of nitriles is 1. The zero-order valence-corrected chi connectivity index (χ0v) is 32.7. The third-order valence-corrected chi connectivity index (χ3v) is 10.8. The number of fused-ring (bicyclic) bond motifs is 9. The van der Waals surface area contributed by atoms with Crippen molar-refractivity contribution in [1.82, 2.24) is 15.1 Å². The minimum atomic E-state index is -2.01. The van der Waals surface area contributed by atoms with E-state index in [0.29, 0.717) is 11.1 Å². The number of carbonyl (C=O) groups excluding carboxylic acids is 3. The molecular formula is C35H37Cl3N4O12S. The number of hydrogen-bond acceptors (Lipinski definition) is 15. The second-order valence-corrected chi connectivity index (χ2v) is 16.1. The fourth-order valence-electron chi connectivity index (χ4n) is 7.99. The number of halogens is 3. The van der Waals surface area contributed by atoms with Gasteiger partial charge in [0.2, 0.25) is 10.6 Å². The fraction of sp³-hybridized carbons (Fsp3) is 0.486. The highest BCUT2D eigenvalue weighted by Crippen LogP contribution is 2.61. The second kappa shape index (κ2) is 15.8. The van der Waals surface area contributed by atoms with Crippen molar-refractivity contribution >= 4 is 65.6 Å². The Hall–Kier alpha value is -4.18. The summed E-state index contributed by atoms with van der Waals surface area (Å²) in [7, 11) is 1.36. The van der Waals surface area contributed by atoms with Crippen molar-refractivity contribution in [2.75, 3.05) is 39.5 Å². The van der Waals surface area contributed by atoms with E-state index >= 15 is 0 Å². The minimum absolute atomic E-state index is 0.000659. The lowest BCUT2D eigenvalue weighted by atomic mass is 9.70. The first kappa shape index (κ1) is 40.5. The number of rotatable bonds is 9. The van der Waals surface area contributed by atoms with Crippen LogP contribution in [0.5, 0.6) is 28.7 Å². The number of carbonyl (C=O) groups is 3. The predicted octanol–water partition coefficient (Wildman–Crippen LogP) is 4.35. The Morgan fingerprint density at radius 3 is 2.49 bits per heavy atom. The molecule has 296 valence electrons. The van der Waals surface area contributed by atoms with E-state index < -0.39 is 77.5 Å². The first-order valence-electron chi connectivity index (χ1n) is 16.8. The summed E-state index contributed by atoms with van der Waals surface area (Å²) < 4.78 is 31.3. The highest BCUT2D eigenvalue weighted by Gasteiger charge is 2.62. The Morgan fingerprint density at radius 2 is 1.85 bits per heavy atom. The molecule has 4 N–H and O–H groups in total. The summed E-state index contributed by atoms with van der Waals surface area (Å²) in [6.07, 6.45) is -2.31. The molecule has 0 saturated carbocycles. The summed E-state index contributed by atoms with van der Waals surface area (Å²) >= 11 is 22.0. The van der Waals surface area contributed by atoms with E-state index in [1.165, 1.54) is 18.1 Å². The molecule has 4 aliphatic heterocycles. The van der Waals surface area contributed by atoms with Gasteiger partial charge in [0, 0.05) is 28.0 Å². The number of ether oxygens (including phenoxy) is 6. The lowest BCUT2D eigenvalue weighted by molar-refractivity contribution is -0.155. The normalized spacial score (nSPS) is 23.9. The molecule has 0 radical (unpaired) electrons. The molecule has 4 heterocycles. The number of phenols is 2. The average Bonchev–Trinajstić information content (AvgIpc) is 3.63. The van der Waals surface area contributed by atoms with Crippen LogP contribution in [0.1, 0.15) is 51.6 Å². The molecule has 2 aromatic carbocycles. The van der Waals surface area contributed by atoms with E-state index in [1.54, 1.807) is 24.8 Å². The zero-order chi connectivity index (χ0) is 40.1. The largest absolute Gasteiger partial charge is 0.507 e. The van der Waals surface area contributed by atoms with Crippen molar-refractivity contribution in [3.05, 3.63) is 52.1 Å². The van der Waals surface area contributed by atoms with Gasteiger partial charge >= 0.3 is 18.2 Å². The number of phenolic OH excluding ortho intramolecular Hbond substituents is 2. The topological polar surface area (TPSA) is 210 Å². The van der Waals surface area contributed by atoms with E-state index in [2.05, 4.69) is 30.6 Å². The number of aliphatic hydroxyl groups excluding tert-OH is 1. The van der Waals surface area contributed by atoms with Crippen molar-refractivity contribution < 1.29 is 58.1 Å². The van der Waals surface area contributed by atoms with Gasteiger partial charge in [-0.1, -0.05) is 53.5 Å². The van der Waals surface area contributed by atoms with E-state index in [1.807, 2.05) is 0 Å². The van der Waals surface area contributed by atoms with Crippen LogP contribution < -0.4 is 19.5 Å². The number of methoxy groups -OCH3 is 1. The van der Waals surface area contributed by atoms with Crippen LogP contribution in [-0.2, 0) is 25.4 Å². The Kier molecular flexibility index (Phi) is 11.6. The first-order chi connectivity index (χ1) is 26.1. The lowest BCUT2D eigenvalue weighted by Crippen LogP contribution is -2.71. The van der Waals surface area contributed by atoms with E-state index in [0.717, 1.165) is 0 Å². The number of hydrogen-bond donors (Lipinski definition) is 5. The monoisotopic (exact) mass is 842 g/mol. The number of thiol groups is 1. The molecule has 1 saturated heterocycles. The molecule has 20 heteroatoms. The number of alkyl carbamates (subject to hydrolysis) is 1. The van der Waals surface area contributed by atoms with Crippen molar-refractivity contribution in [2.45, 2.75) is 66.4 Å². The summed E-state index contributed by atoms with van der Waals surface area (Å²) in [6.45, 7) is 5.17. The van der Waals surface area contributed by atoms with Gasteiger partial charge in [-0.05, 0) is 31.4 Å². The number of aryl methyl sites for hydroxylation is 1. The maximum Gasteiger partial charge on any atom is 0.410 e. The van der Waals surface area contributed by atoms with Gasteiger partial charge in [0.1, 0.15) is 43.8 Å². The van der Waals surface area contributed by atoms with Gasteiger partial charge in [-0.2, -0.15) is 17.9 Å². The number of benzene rings is 2. The summed E-state index contributed by atoms with van der Waals surface area (Å²) in [6, 6.07) is -3.40. The minimum Gasteiger partial charge on any atom is -0.507 e. The Morgan fingerprint density at radius 1 is 1.15 bits per heavy atom. The number of aromatic hydroxyl groups is 2. The van der Waals surface area contributed by atoms with Crippen molar-refractivity contribution in [2.24, 2.45) is 0 Å². The SMILES string of the molecule is C=CCOC(=O)N[C@@H](CS)C(=O)OC[C@H]1c2c3c(c(C)c(O)c2C(O)[C@H]2[C@H]4c5c(cc(C)c(OC)c5O)C[C@@H]([C@H](C#N)N12)N4C(=O)OCC(Cl)(Cl)Cl)OCO3. The maximum atomic E-state index is 14.1. The smallest absolute Gasteiger partial charge is 0.410 e. The van der Waals surface area contributed by atoms with Crippen LogP contribution in [0.25, 0.3) is 0 Å². The van der Waals surface area contributed by atoms with Crippen molar-refractivity contribution in [3.63, 3.8) is 0 Å². The molecule has 0 aromatic heterocycles. The summed E-state index contributed by atoms with van der Waals surface area (Å²) in [5.41, 5.74) is 1.61.